The fraction of sp³-hybridized carbons (Fsp3) is 0.750. The fourth-order valence-electron chi connectivity index (χ4n) is 2.63. The summed E-state index contributed by atoms with van der Waals surface area (Å²) < 4.78 is 5.71. The van der Waals surface area contributed by atoms with Crippen LogP contribution in [-0.2, 0) is 9.53 Å². The second kappa shape index (κ2) is 4.35. The van der Waals surface area contributed by atoms with Crippen molar-refractivity contribution in [3.05, 3.63) is 11.6 Å². The normalized spacial score (nSPS) is 35.5. The highest BCUT2D eigenvalue weighted by atomic mass is 16.5. The van der Waals surface area contributed by atoms with Crippen molar-refractivity contribution in [2.75, 3.05) is 6.61 Å². The van der Waals surface area contributed by atoms with Gasteiger partial charge in [-0.15, -0.1) is 0 Å². The third-order valence-corrected chi connectivity index (χ3v) is 3.63. The van der Waals surface area contributed by atoms with Crippen molar-refractivity contribution in [2.24, 2.45) is 11.8 Å². The van der Waals surface area contributed by atoms with Gasteiger partial charge in [-0.3, -0.25) is 0 Å². The molecule has 3 unspecified atom stereocenters. The fourth-order valence-corrected chi connectivity index (χ4v) is 2.63. The van der Waals surface area contributed by atoms with Crippen LogP contribution in [0.4, 0.5) is 0 Å². The van der Waals surface area contributed by atoms with Gasteiger partial charge in [0, 0.05) is 12.2 Å². The number of carboxylic acids is 1. The Morgan fingerprint density at radius 2 is 2.33 bits per heavy atom. The molecule has 0 aromatic heterocycles. The van der Waals surface area contributed by atoms with Crippen molar-refractivity contribution in [3.8, 4) is 0 Å². The molecule has 84 valence electrons. The van der Waals surface area contributed by atoms with E-state index in [0.717, 1.165) is 25.4 Å². The number of rotatable bonds is 3. The second-order valence-corrected chi connectivity index (χ2v) is 4.74. The molecule has 3 rings (SSSR count). The monoisotopic (exact) mass is 210 g/mol. The molecule has 3 aliphatic rings. The summed E-state index contributed by atoms with van der Waals surface area (Å²) in [7, 11) is 0. The molecule has 0 amide bonds. The van der Waals surface area contributed by atoms with Crippen LogP contribution in [0.15, 0.2) is 11.6 Å². The number of fused-ring (bicyclic) bond motifs is 3. The van der Waals surface area contributed by atoms with Gasteiger partial charge in [-0.2, -0.15) is 0 Å². The first-order chi connectivity index (χ1) is 7.16. The van der Waals surface area contributed by atoms with E-state index in [1.807, 2.05) is 6.08 Å². The third kappa shape index (κ3) is 2.40. The molecule has 1 saturated carbocycles. The van der Waals surface area contributed by atoms with Crippen molar-refractivity contribution >= 4 is 5.97 Å². The standard InChI is InChI=1S/C12H18O3/c1-8(12(13)14)2-4-10-6-9-3-5-11(10)15-7-9/h2,9-11H,3-7H2,1H3,(H,13,14). The zero-order valence-electron chi connectivity index (χ0n) is 9.11. The first-order valence-electron chi connectivity index (χ1n) is 5.68. The smallest absolute Gasteiger partial charge is 0.330 e. The minimum atomic E-state index is -0.808. The van der Waals surface area contributed by atoms with Gasteiger partial charge in [-0.05, 0) is 44.4 Å². The SMILES string of the molecule is CC(=CCC1CC2CCC1OC2)C(=O)O. The highest BCUT2D eigenvalue weighted by molar-refractivity contribution is 5.85. The van der Waals surface area contributed by atoms with Crippen LogP contribution >= 0.6 is 0 Å². The molecule has 2 heterocycles. The van der Waals surface area contributed by atoms with Gasteiger partial charge in [0.05, 0.1) is 6.10 Å². The van der Waals surface area contributed by atoms with Crippen LogP contribution in [0, 0.1) is 11.8 Å². The lowest BCUT2D eigenvalue weighted by molar-refractivity contribution is -0.132. The van der Waals surface area contributed by atoms with Crippen molar-refractivity contribution in [2.45, 2.75) is 38.7 Å². The molecular formula is C12H18O3. The van der Waals surface area contributed by atoms with E-state index in [1.54, 1.807) is 6.92 Å². The maximum absolute atomic E-state index is 10.6. The van der Waals surface area contributed by atoms with E-state index < -0.39 is 5.97 Å². The number of hydrogen-bond donors (Lipinski definition) is 1. The van der Waals surface area contributed by atoms with Crippen molar-refractivity contribution in [1.82, 2.24) is 0 Å². The molecule has 2 bridgehead atoms. The Labute approximate surface area is 90.1 Å². The number of aliphatic carboxylic acids is 1. The molecule has 0 aromatic rings. The lowest BCUT2D eigenvalue weighted by atomic mass is 9.75. The predicted octanol–water partition coefficient (Wildman–Crippen LogP) is 2.22. The van der Waals surface area contributed by atoms with Gasteiger partial charge in [0.1, 0.15) is 0 Å². The largest absolute Gasteiger partial charge is 0.478 e. The zero-order valence-corrected chi connectivity index (χ0v) is 9.11. The Kier molecular flexibility index (Phi) is 3.10. The van der Waals surface area contributed by atoms with Gasteiger partial charge < -0.3 is 9.84 Å². The molecule has 3 fully saturated rings. The summed E-state index contributed by atoms with van der Waals surface area (Å²) in [5.41, 5.74) is 0.455. The van der Waals surface area contributed by atoms with E-state index in [4.69, 9.17) is 9.84 Å². The molecule has 2 aliphatic heterocycles. The molecule has 2 saturated heterocycles. The minimum absolute atomic E-state index is 0.382. The van der Waals surface area contributed by atoms with Crippen LogP contribution in [0.2, 0.25) is 0 Å². The number of hydrogen-bond acceptors (Lipinski definition) is 2. The van der Waals surface area contributed by atoms with E-state index in [1.165, 1.54) is 12.8 Å². The summed E-state index contributed by atoms with van der Waals surface area (Å²) >= 11 is 0. The third-order valence-electron chi connectivity index (χ3n) is 3.63. The van der Waals surface area contributed by atoms with Crippen LogP contribution < -0.4 is 0 Å². The molecule has 3 nitrogen and oxygen atoms in total. The summed E-state index contributed by atoms with van der Waals surface area (Å²) in [5.74, 6) is 0.460. The second-order valence-electron chi connectivity index (χ2n) is 4.74. The summed E-state index contributed by atoms with van der Waals surface area (Å²) in [6, 6.07) is 0. The highest BCUT2D eigenvalue weighted by Gasteiger charge is 2.35. The first kappa shape index (κ1) is 10.7. The lowest BCUT2D eigenvalue weighted by Crippen LogP contribution is -2.40. The Hall–Kier alpha value is -0.830. The van der Waals surface area contributed by atoms with E-state index in [2.05, 4.69) is 0 Å². The molecule has 0 radical (unpaired) electrons. The Morgan fingerprint density at radius 3 is 2.80 bits per heavy atom. The van der Waals surface area contributed by atoms with E-state index >= 15 is 0 Å². The van der Waals surface area contributed by atoms with Crippen LogP contribution in [0.5, 0.6) is 0 Å². The van der Waals surface area contributed by atoms with Gasteiger partial charge in [0.25, 0.3) is 0 Å². The van der Waals surface area contributed by atoms with E-state index in [0.29, 0.717) is 17.6 Å². The Balaban J connectivity index is 1.90. The summed E-state index contributed by atoms with van der Waals surface area (Å²) in [6.45, 7) is 2.58. The molecule has 0 aromatic carbocycles. The summed E-state index contributed by atoms with van der Waals surface area (Å²) in [4.78, 5) is 10.6. The van der Waals surface area contributed by atoms with Crippen molar-refractivity contribution in [1.29, 1.82) is 0 Å². The molecule has 3 heteroatoms. The number of carboxylic acid groups (broad SMARTS) is 1. The summed E-state index contributed by atoms with van der Waals surface area (Å²) in [5, 5.41) is 8.74. The van der Waals surface area contributed by atoms with Crippen LogP contribution in [-0.4, -0.2) is 23.8 Å². The molecular weight excluding hydrogens is 192 g/mol. The molecule has 3 atom stereocenters. The number of carbonyl (C=O) groups is 1. The topological polar surface area (TPSA) is 46.5 Å². The van der Waals surface area contributed by atoms with Gasteiger partial charge in [-0.1, -0.05) is 6.08 Å². The van der Waals surface area contributed by atoms with Gasteiger partial charge in [0.2, 0.25) is 0 Å². The van der Waals surface area contributed by atoms with Gasteiger partial charge in [0.15, 0.2) is 0 Å². The van der Waals surface area contributed by atoms with E-state index in [9.17, 15) is 4.79 Å². The molecule has 1 N–H and O–H groups in total. The van der Waals surface area contributed by atoms with Crippen molar-refractivity contribution < 1.29 is 14.6 Å². The lowest BCUT2D eigenvalue weighted by Gasteiger charge is -2.42. The van der Waals surface area contributed by atoms with Crippen LogP contribution in [0.1, 0.15) is 32.6 Å². The van der Waals surface area contributed by atoms with Gasteiger partial charge in [-0.25, -0.2) is 4.79 Å². The quantitative estimate of drug-likeness (QED) is 0.726. The van der Waals surface area contributed by atoms with Crippen molar-refractivity contribution in [3.63, 3.8) is 0 Å². The van der Waals surface area contributed by atoms with Crippen LogP contribution in [0.3, 0.4) is 0 Å². The number of allylic oxidation sites excluding steroid dienone is 1. The molecule has 15 heavy (non-hydrogen) atoms. The minimum Gasteiger partial charge on any atom is -0.478 e. The van der Waals surface area contributed by atoms with Gasteiger partial charge >= 0.3 is 5.97 Å². The average molecular weight is 210 g/mol. The Morgan fingerprint density at radius 1 is 1.53 bits per heavy atom. The average Bonchev–Trinajstić information content (AvgIpc) is 2.27. The first-order valence-corrected chi connectivity index (χ1v) is 5.68. The molecule has 0 spiro atoms. The maximum atomic E-state index is 10.6. The maximum Gasteiger partial charge on any atom is 0.330 e. The Bertz CT molecular complexity index is 275. The highest BCUT2D eigenvalue weighted by Crippen LogP contribution is 2.38. The molecule has 1 aliphatic carbocycles. The zero-order chi connectivity index (χ0) is 10.8. The number of ether oxygens (including phenoxy) is 1. The van der Waals surface area contributed by atoms with Crippen LogP contribution in [0.25, 0.3) is 0 Å². The van der Waals surface area contributed by atoms with E-state index in [-0.39, 0.29) is 0 Å². The predicted molar refractivity (Wildman–Crippen MR) is 56.6 cm³/mol. The summed E-state index contributed by atoms with van der Waals surface area (Å²) in [6.07, 6.45) is 6.76.